The third-order valence-corrected chi connectivity index (χ3v) is 3.86. The van der Waals surface area contributed by atoms with Crippen LogP contribution >= 0.6 is 0 Å². The number of amides is 1. The number of nitrogens with one attached hydrogen (secondary N) is 1. The van der Waals surface area contributed by atoms with Crippen molar-refractivity contribution in [3.05, 3.63) is 70.3 Å². The van der Waals surface area contributed by atoms with Crippen molar-refractivity contribution in [3.8, 4) is 0 Å². The standard InChI is InChI=1S/C18H18N2O4/c1-20-9-5-7-13(18(20)22)17(21)19-11-16(23-2)15-10-12-6-3-4-8-14(12)24-15/h3-10,16H,11H2,1-2H3,(H,19,21). The smallest absolute Gasteiger partial charge is 0.263 e. The molecule has 1 unspecified atom stereocenters. The topological polar surface area (TPSA) is 73.5 Å². The lowest BCUT2D eigenvalue weighted by Gasteiger charge is -2.13. The summed E-state index contributed by atoms with van der Waals surface area (Å²) < 4.78 is 12.5. The maximum absolute atomic E-state index is 12.2. The lowest BCUT2D eigenvalue weighted by atomic mass is 10.2. The van der Waals surface area contributed by atoms with Gasteiger partial charge in [0.2, 0.25) is 0 Å². The molecule has 0 aliphatic rings. The van der Waals surface area contributed by atoms with E-state index in [-0.39, 0.29) is 17.7 Å². The number of hydrogen-bond acceptors (Lipinski definition) is 4. The Kier molecular flexibility index (Phi) is 4.48. The van der Waals surface area contributed by atoms with Crippen LogP contribution in [0.4, 0.5) is 0 Å². The number of para-hydroxylation sites is 1. The molecule has 0 aliphatic heterocycles. The molecule has 0 aliphatic carbocycles. The Labute approximate surface area is 138 Å². The van der Waals surface area contributed by atoms with Crippen molar-refractivity contribution in [1.82, 2.24) is 9.88 Å². The second-order valence-corrected chi connectivity index (χ2v) is 5.46. The maximum atomic E-state index is 12.2. The van der Waals surface area contributed by atoms with Crippen LogP contribution in [0.1, 0.15) is 22.2 Å². The third kappa shape index (κ3) is 3.09. The first-order valence-electron chi connectivity index (χ1n) is 7.55. The number of nitrogens with zero attached hydrogens (tertiary/aromatic N) is 1. The molecular formula is C18H18N2O4. The van der Waals surface area contributed by atoms with Gasteiger partial charge in [-0.15, -0.1) is 0 Å². The van der Waals surface area contributed by atoms with E-state index in [9.17, 15) is 9.59 Å². The van der Waals surface area contributed by atoms with Crippen molar-refractivity contribution in [1.29, 1.82) is 0 Å². The van der Waals surface area contributed by atoms with Crippen LogP contribution in [0.5, 0.6) is 0 Å². The molecule has 0 saturated heterocycles. The number of aromatic nitrogens is 1. The van der Waals surface area contributed by atoms with Crippen molar-refractivity contribution in [2.45, 2.75) is 6.10 Å². The predicted octanol–water partition coefficient (Wildman–Crippen LogP) is 2.25. The molecule has 0 bridgehead atoms. The largest absolute Gasteiger partial charge is 0.458 e. The zero-order chi connectivity index (χ0) is 17.1. The van der Waals surface area contributed by atoms with E-state index in [0.717, 1.165) is 11.0 Å². The normalized spacial score (nSPS) is 12.2. The van der Waals surface area contributed by atoms with Gasteiger partial charge in [0, 0.05) is 25.7 Å². The Morgan fingerprint density at radius 1 is 1.29 bits per heavy atom. The van der Waals surface area contributed by atoms with E-state index in [2.05, 4.69) is 5.32 Å². The molecule has 124 valence electrons. The summed E-state index contributed by atoms with van der Waals surface area (Å²) in [5.41, 5.74) is 0.518. The summed E-state index contributed by atoms with van der Waals surface area (Å²) in [6.45, 7) is 0.202. The number of ether oxygens (including phenoxy) is 1. The molecular weight excluding hydrogens is 308 g/mol. The summed E-state index contributed by atoms with van der Waals surface area (Å²) in [6, 6.07) is 12.7. The van der Waals surface area contributed by atoms with Crippen LogP contribution in [0.2, 0.25) is 0 Å². The van der Waals surface area contributed by atoms with Crippen LogP contribution in [0.25, 0.3) is 11.0 Å². The van der Waals surface area contributed by atoms with Gasteiger partial charge in [-0.3, -0.25) is 9.59 Å². The van der Waals surface area contributed by atoms with Gasteiger partial charge in [0.1, 0.15) is 23.0 Å². The van der Waals surface area contributed by atoms with Crippen molar-refractivity contribution in [2.24, 2.45) is 7.05 Å². The first kappa shape index (κ1) is 16.0. The fourth-order valence-electron chi connectivity index (χ4n) is 2.51. The summed E-state index contributed by atoms with van der Waals surface area (Å²) in [5, 5.41) is 3.69. The zero-order valence-electron chi connectivity index (χ0n) is 13.5. The van der Waals surface area contributed by atoms with Gasteiger partial charge in [0.05, 0.1) is 6.54 Å². The van der Waals surface area contributed by atoms with E-state index in [0.29, 0.717) is 5.76 Å². The van der Waals surface area contributed by atoms with Crippen molar-refractivity contribution in [2.75, 3.05) is 13.7 Å². The predicted molar refractivity (Wildman–Crippen MR) is 90.0 cm³/mol. The quantitative estimate of drug-likeness (QED) is 0.780. The Hall–Kier alpha value is -2.86. The number of rotatable bonds is 5. The average molecular weight is 326 g/mol. The van der Waals surface area contributed by atoms with Crippen LogP contribution in [0.15, 0.2) is 57.9 Å². The number of furan rings is 1. The van der Waals surface area contributed by atoms with Crippen LogP contribution < -0.4 is 10.9 Å². The Morgan fingerprint density at radius 2 is 2.08 bits per heavy atom. The average Bonchev–Trinajstić information content (AvgIpc) is 3.01. The summed E-state index contributed by atoms with van der Waals surface area (Å²) in [7, 11) is 3.15. The van der Waals surface area contributed by atoms with Crippen LogP contribution in [0.3, 0.4) is 0 Å². The number of pyridine rings is 1. The van der Waals surface area contributed by atoms with Gasteiger partial charge >= 0.3 is 0 Å². The van der Waals surface area contributed by atoms with Crippen LogP contribution in [0, 0.1) is 0 Å². The number of benzene rings is 1. The molecule has 2 aromatic heterocycles. The van der Waals surface area contributed by atoms with Gasteiger partial charge in [-0.2, -0.15) is 0 Å². The first-order chi connectivity index (χ1) is 11.6. The zero-order valence-corrected chi connectivity index (χ0v) is 13.5. The second-order valence-electron chi connectivity index (χ2n) is 5.46. The van der Waals surface area contributed by atoms with E-state index in [4.69, 9.17) is 9.15 Å². The maximum Gasteiger partial charge on any atom is 0.263 e. The molecule has 0 saturated carbocycles. The highest BCUT2D eigenvalue weighted by atomic mass is 16.5. The van der Waals surface area contributed by atoms with Gasteiger partial charge in [-0.1, -0.05) is 18.2 Å². The summed E-state index contributed by atoms with van der Waals surface area (Å²) in [6.07, 6.45) is 1.17. The Morgan fingerprint density at radius 3 is 2.83 bits per heavy atom. The number of methoxy groups -OCH3 is 1. The highest BCUT2D eigenvalue weighted by molar-refractivity contribution is 5.93. The molecule has 1 N–H and O–H groups in total. The minimum atomic E-state index is -0.436. The number of fused-ring (bicyclic) bond motifs is 1. The summed E-state index contributed by atoms with van der Waals surface area (Å²) in [4.78, 5) is 24.2. The molecule has 1 aromatic carbocycles. The molecule has 1 atom stereocenters. The number of hydrogen-bond donors (Lipinski definition) is 1. The molecule has 24 heavy (non-hydrogen) atoms. The van der Waals surface area contributed by atoms with E-state index < -0.39 is 12.0 Å². The van der Waals surface area contributed by atoms with Gasteiger partial charge in [0.15, 0.2) is 0 Å². The second kappa shape index (κ2) is 6.72. The van der Waals surface area contributed by atoms with Gasteiger partial charge in [0.25, 0.3) is 11.5 Å². The van der Waals surface area contributed by atoms with Crippen LogP contribution in [-0.4, -0.2) is 24.1 Å². The fourth-order valence-corrected chi connectivity index (χ4v) is 2.51. The van der Waals surface area contributed by atoms with Gasteiger partial charge in [-0.05, 0) is 24.3 Å². The van der Waals surface area contributed by atoms with E-state index in [1.54, 1.807) is 26.4 Å². The molecule has 1 amide bonds. The highest BCUT2D eigenvalue weighted by Gasteiger charge is 2.18. The van der Waals surface area contributed by atoms with Crippen molar-refractivity contribution >= 4 is 16.9 Å². The monoisotopic (exact) mass is 326 g/mol. The summed E-state index contributed by atoms with van der Waals surface area (Å²) >= 11 is 0. The molecule has 2 heterocycles. The molecule has 0 spiro atoms. The Balaban J connectivity index is 1.75. The molecule has 6 heteroatoms. The summed E-state index contributed by atoms with van der Waals surface area (Å²) in [5.74, 6) is 0.189. The minimum Gasteiger partial charge on any atom is -0.458 e. The van der Waals surface area contributed by atoms with Gasteiger partial charge in [-0.25, -0.2) is 0 Å². The molecule has 3 rings (SSSR count). The highest BCUT2D eigenvalue weighted by Crippen LogP contribution is 2.25. The number of carbonyl (C=O) groups excluding carboxylic acids is 1. The molecule has 3 aromatic rings. The molecule has 6 nitrogen and oxygen atoms in total. The van der Waals surface area contributed by atoms with Gasteiger partial charge < -0.3 is 19.0 Å². The van der Waals surface area contributed by atoms with Crippen molar-refractivity contribution in [3.63, 3.8) is 0 Å². The number of carbonyl (C=O) groups is 1. The van der Waals surface area contributed by atoms with E-state index in [1.807, 2.05) is 30.3 Å². The SMILES string of the molecule is COC(CNC(=O)c1cccn(C)c1=O)c1cc2ccccc2o1. The van der Waals surface area contributed by atoms with E-state index >= 15 is 0 Å². The molecule has 0 fully saturated rings. The van der Waals surface area contributed by atoms with Crippen molar-refractivity contribution < 1.29 is 13.9 Å². The van der Waals surface area contributed by atoms with E-state index in [1.165, 1.54) is 10.6 Å². The number of aryl methyl sites for hydroxylation is 1. The Bertz CT molecular complexity index is 893. The lowest BCUT2D eigenvalue weighted by Crippen LogP contribution is -2.34. The fraction of sp³-hybridized carbons (Fsp3) is 0.222. The van der Waals surface area contributed by atoms with Crippen LogP contribution in [-0.2, 0) is 11.8 Å². The first-order valence-corrected chi connectivity index (χ1v) is 7.55. The minimum absolute atomic E-state index is 0.0967. The molecule has 0 radical (unpaired) electrons. The lowest BCUT2D eigenvalue weighted by molar-refractivity contribution is 0.0746. The third-order valence-electron chi connectivity index (χ3n) is 3.86.